The van der Waals surface area contributed by atoms with Gasteiger partial charge in [0, 0.05) is 19.2 Å². The number of carboxylic acids is 1. The first-order valence-corrected chi connectivity index (χ1v) is 6.05. The maximum Gasteiger partial charge on any atom is 0.341 e. The number of pyridine rings is 2. The standard InChI is InChI=1S/C13H12N2O4/c1-2-15-6-8(13(17)18)11(16)7-5-10-9(3-4-19-10)14-12(7)15/h5-6H,2-4H2,1H3,(H,17,18). The van der Waals surface area contributed by atoms with Crippen molar-refractivity contribution in [3.63, 3.8) is 0 Å². The summed E-state index contributed by atoms with van der Waals surface area (Å²) in [7, 11) is 0. The third kappa shape index (κ3) is 1.68. The fraction of sp³-hybridized carbons (Fsp3) is 0.308. The molecular weight excluding hydrogens is 248 g/mol. The zero-order chi connectivity index (χ0) is 13.6. The van der Waals surface area contributed by atoms with Crippen LogP contribution in [-0.2, 0) is 13.0 Å². The number of carbonyl (C=O) groups is 1. The van der Waals surface area contributed by atoms with Gasteiger partial charge in [-0.25, -0.2) is 9.78 Å². The highest BCUT2D eigenvalue weighted by Gasteiger charge is 2.20. The molecule has 19 heavy (non-hydrogen) atoms. The Balaban J connectivity index is 2.43. The molecule has 0 radical (unpaired) electrons. The van der Waals surface area contributed by atoms with Crippen molar-refractivity contribution in [2.45, 2.75) is 19.9 Å². The molecule has 3 heterocycles. The van der Waals surface area contributed by atoms with Gasteiger partial charge in [-0.05, 0) is 13.0 Å². The van der Waals surface area contributed by atoms with Crippen LogP contribution < -0.4 is 10.2 Å². The van der Waals surface area contributed by atoms with Crippen molar-refractivity contribution in [3.05, 3.63) is 33.7 Å². The second kappa shape index (κ2) is 4.08. The van der Waals surface area contributed by atoms with E-state index in [2.05, 4.69) is 4.98 Å². The minimum Gasteiger partial charge on any atom is -0.491 e. The van der Waals surface area contributed by atoms with Crippen LogP contribution in [0.5, 0.6) is 5.75 Å². The summed E-state index contributed by atoms with van der Waals surface area (Å²) in [4.78, 5) is 27.7. The molecule has 1 N–H and O–H groups in total. The highest BCUT2D eigenvalue weighted by molar-refractivity contribution is 5.92. The lowest BCUT2D eigenvalue weighted by Crippen LogP contribution is -2.19. The summed E-state index contributed by atoms with van der Waals surface area (Å²) < 4.78 is 7.06. The van der Waals surface area contributed by atoms with Gasteiger partial charge in [0.1, 0.15) is 17.0 Å². The second-order valence-electron chi connectivity index (χ2n) is 4.37. The van der Waals surface area contributed by atoms with E-state index in [1.807, 2.05) is 6.92 Å². The molecule has 6 heteroatoms. The molecule has 0 aliphatic carbocycles. The Labute approximate surface area is 108 Å². The first-order valence-electron chi connectivity index (χ1n) is 6.05. The summed E-state index contributed by atoms with van der Waals surface area (Å²) in [6.45, 7) is 2.97. The molecule has 0 saturated carbocycles. The maximum atomic E-state index is 12.1. The molecule has 2 aromatic heterocycles. The predicted octanol–water partition coefficient (Wildman–Crippen LogP) is 1.05. The lowest BCUT2D eigenvalue weighted by Gasteiger charge is -2.10. The van der Waals surface area contributed by atoms with E-state index in [0.717, 1.165) is 5.69 Å². The third-order valence-electron chi connectivity index (χ3n) is 3.26. The number of aromatic carboxylic acids is 1. The molecule has 0 saturated heterocycles. The lowest BCUT2D eigenvalue weighted by molar-refractivity contribution is 0.0695. The zero-order valence-electron chi connectivity index (χ0n) is 10.3. The molecule has 0 spiro atoms. The molecule has 2 aromatic rings. The average molecular weight is 260 g/mol. The Morgan fingerprint density at radius 2 is 2.37 bits per heavy atom. The SMILES string of the molecule is CCn1cc(C(=O)O)c(=O)c2cc3c(nc21)CCO3. The number of hydrogen-bond donors (Lipinski definition) is 1. The van der Waals surface area contributed by atoms with Gasteiger partial charge in [-0.2, -0.15) is 0 Å². The van der Waals surface area contributed by atoms with Gasteiger partial charge >= 0.3 is 5.97 Å². The molecule has 3 rings (SSSR count). The smallest absolute Gasteiger partial charge is 0.341 e. The van der Waals surface area contributed by atoms with Gasteiger partial charge in [0.05, 0.1) is 17.7 Å². The second-order valence-corrected chi connectivity index (χ2v) is 4.37. The van der Waals surface area contributed by atoms with Crippen molar-refractivity contribution in [2.75, 3.05) is 6.61 Å². The molecule has 0 atom stereocenters. The van der Waals surface area contributed by atoms with Gasteiger partial charge in [0.15, 0.2) is 0 Å². The van der Waals surface area contributed by atoms with Crippen molar-refractivity contribution in [2.24, 2.45) is 0 Å². The van der Waals surface area contributed by atoms with E-state index in [9.17, 15) is 9.59 Å². The van der Waals surface area contributed by atoms with Gasteiger partial charge < -0.3 is 14.4 Å². The van der Waals surface area contributed by atoms with Crippen LogP contribution >= 0.6 is 0 Å². The molecule has 1 aliphatic heterocycles. The predicted molar refractivity (Wildman–Crippen MR) is 67.8 cm³/mol. The molecular formula is C13H12N2O4. The fourth-order valence-electron chi connectivity index (χ4n) is 2.28. The molecule has 6 nitrogen and oxygen atoms in total. The van der Waals surface area contributed by atoms with E-state index < -0.39 is 11.4 Å². The van der Waals surface area contributed by atoms with Gasteiger partial charge in [0.2, 0.25) is 5.43 Å². The van der Waals surface area contributed by atoms with Crippen molar-refractivity contribution >= 4 is 17.0 Å². The number of fused-ring (bicyclic) bond motifs is 2. The molecule has 0 aromatic carbocycles. The third-order valence-corrected chi connectivity index (χ3v) is 3.26. The van der Waals surface area contributed by atoms with Crippen molar-refractivity contribution in [3.8, 4) is 5.75 Å². The number of nitrogens with zero attached hydrogens (tertiary/aromatic N) is 2. The lowest BCUT2D eigenvalue weighted by atomic mass is 10.1. The van der Waals surface area contributed by atoms with E-state index in [-0.39, 0.29) is 5.56 Å². The summed E-state index contributed by atoms with van der Waals surface area (Å²) in [5.74, 6) is -0.648. The van der Waals surface area contributed by atoms with Crippen LogP contribution in [-0.4, -0.2) is 27.2 Å². The van der Waals surface area contributed by atoms with Crippen LogP contribution in [0, 0.1) is 0 Å². The highest BCUT2D eigenvalue weighted by atomic mass is 16.5. The van der Waals surface area contributed by atoms with E-state index in [0.29, 0.717) is 36.4 Å². The fourth-order valence-corrected chi connectivity index (χ4v) is 2.28. The highest BCUT2D eigenvalue weighted by Crippen LogP contribution is 2.26. The first-order chi connectivity index (χ1) is 9.11. The quantitative estimate of drug-likeness (QED) is 0.872. The van der Waals surface area contributed by atoms with Crippen LogP contribution in [0.25, 0.3) is 11.0 Å². The number of hydrogen-bond acceptors (Lipinski definition) is 4. The van der Waals surface area contributed by atoms with Crippen molar-refractivity contribution in [1.82, 2.24) is 9.55 Å². The Hall–Kier alpha value is -2.37. The number of ether oxygens (including phenoxy) is 1. The Morgan fingerprint density at radius 1 is 1.58 bits per heavy atom. The van der Waals surface area contributed by atoms with Gasteiger partial charge in [-0.15, -0.1) is 0 Å². The molecule has 1 aliphatic rings. The summed E-state index contributed by atoms with van der Waals surface area (Å²) in [5, 5.41) is 9.37. The van der Waals surface area contributed by atoms with E-state index in [1.165, 1.54) is 6.20 Å². The average Bonchev–Trinajstić information content (AvgIpc) is 2.84. The van der Waals surface area contributed by atoms with Crippen LogP contribution in [0.4, 0.5) is 0 Å². The topological polar surface area (TPSA) is 81.4 Å². The van der Waals surface area contributed by atoms with E-state index in [1.54, 1.807) is 10.6 Å². The molecule has 0 unspecified atom stereocenters. The Morgan fingerprint density at radius 3 is 3.05 bits per heavy atom. The van der Waals surface area contributed by atoms with E-state index in [4.69, 9.17) is 9.84 Å². The van der Waals surface area contributed by atoms with Crippen LogP contribution in [0.15, 0.2) is 17.1 Å². The van der Waals surface area contributed by atoms with Gasteiger partial charge in [-0.1, -0.05) is 0 Å². The maximum absolute atomic E-state index is 12.1. The molecule has 0 amide bonds. The number of aromatic nitrogens is 2. The summed E-state index contributed by atoms with van der Waals surface area (Å²) >= 11 is 0. The monoisotopic (exact) mass is 260 g/mol. The number of aryl methyl sites for hydroxylation is 1. The number of rotatable bonds is 2. The van der Waals surface area contributed by atoms with Crippen molar-refractivity contribution < 1.29 is 14.6 Å². The minimum atomic E-state index is -1.23. The van der Waals surface area contributed by atoms with E-state index >= 15 is 0 Å². The largest absolute Gasteiger partial charge is 0.491 e. The van der Waals surface area contributed by atoms with Gasteiger partial charge in [-0.3, -0.25) is 4.79 Å². The normalized spacial score (nSPS) is 13.3. The van der Waals surface area contributed by atoms with Gasteiger partial charge in [0.25, 0.3) is 0 Å². The van der Waals surface area contributed by atoms with Crippen molar-refractivity contribution in [1.29, 1.82) is 0 Å². The minimum absolute atomic E-state index is 0.242. The zero-order valence-corrected chi connectivity index (χ0v) is 10.3. The Bertz CT molecular complexity index is 748. The van der Waals surface area contributed by atoms with Crippen LogP contribution in [0.3, 0.4) is 0 Å². The summed E-state index contributed by atoms with van der Waals surface area (Å²) in [5.41, 5.74) is 0.575. The summed E-state index contributed by atoms with van der Waals surface area (Å²) in [6, 6.07) is 1.60. The van der Waals surface area contributed by atoms with Crippen LogP contribution in [0.1, 0.15) is 23.0 Å². The Kier molecular flexibility index (Phi) is 2.51. The molecule has 0 fully saturated rings. The molecule has 0 bridgehead atoms. The molecule has 98 valence electrons. The number of carboxylic acid groups (broad SMARTS) is 1. The summed E-state index contributed by atoms with van der Waals surface area (Å²) in [6.07, 6.45) is 2.06. The first kappa shape index (κ1) is 11.7. The van der Waals surface area contributed by atoms with Crippen LogP contribution in [0.2, 0.25) is 0 Å².